The zero-order chi connectivity index (χ0) is 18.6. The molecule has 0 aromatic heterocycles. The molecule has 0 spiro atoms. The van der Waals surface area contributed by atoms with Crippen LogP contribution in [-0.2, 0) is 9.59 Å². The van der Waals surface area contributed by atoms with Gasteiger partial charge in [-0.05, 0) is 56.5 Å². The number of benzene rings is 1. The molecule has 2 amide bonds. The van der Waals surface area contributed by atoms with Crippen molar-refractivity contribution in [3.8, 4) is 0 Å². The fourth-order valence-electron chi connectivity index (χ4n) is 3.39. The summed E-state index contributed by atoms with van der Waals surface area (Å²) in [5, 5.41) is 2.72. The van der Waals surface area contributed by atoms with Gasteiger partial charge < -0.3 is 10.2 Å². The molecule has 3 atom stereocenters. The van der Waals surface area contributed by atoms with Gasteiger partial charge in [0.2, 0.25) is 11.8 Å². The lowest BCUT2D eigenvalue weighted by Crippen LogP contribution is -2.51. The van der Waals surface area contributed by atoms with Gasteiger partial charge in [0.25, 0.3) is 0 Å². The van der Waals surface area contributed by atoms with Crippen molar-refractivity contribution >= 4 is 17.5 Å². The van der Waals surface area contributed by atoms with Crippen molar-refractivity contribution in [2.24, 2.45) is 11.8 Å². The fraction of sp³-hybridized carbons (Fsp3) is 0.579. The minimum Gasteiger partial charge on any atom is -0.341 e. The summed E-state index contributed by atoms with van der Waals surface area (Å²) in [6.07, 6.45) is 1.15. The molecular weight excluding hydrogens is 321 g/mol. The standard InChI is InChI=1S/C19H28FN3O2/c1-13-9-14(2)11-23(10-13)19(25)15(3)22(4)12-18(24)21-17-7-5-16(20)6-8-17/h5-8,13-15H,9-12H2,1-4H3,(H,21,24)/t13-,14-,15-/m1/s1. The number of carbonyl (C=O) groups is 2. The molecule has 0 bridgehead atoms. The van der Waals surface area contributed by atoms with E-state index in [1.165, 1.54) is 24.3 Å². The van der Waals surface area contributed by atoms with Gasteiger partial charge in [0.1, 0.15) is 5.82 Å². The maximum absolute atomic E-state index is 12.9. The molecule has 1 aliphatic rings. The van der Waals surface area contributed by atoms with E-state index in [0.717, 1.165) is 19.5 Å². The highest BCUT2D eigenvalue weighted by Gasteiger charge is 2.30. The van der Waals surface area contributed by atoms with E-state index in [0.29, 0.717) is 17.5 Å². The average Bonchev–Trinajstić information content (AvgIpc) is 2.54. The van der Waals surface area contributed by atoms with Crippen LogP contribution in [0.25, 0.3) is 0 Å². The number of anilines is 1. The fourth-order valence-corrected chi connectivity index (χ4v) is 3.39. The summed E-state index contributed by atoms with van der Waals surface area (Å²) in [6, 6.07) is 5.25. The maximum atomic E-state index is 12.9. The van der Waals surface area contributed by atoms with Gasteiger partial charge in [-0.3, -0.25) is 14.5 Å². The monoisotopic (exact) mass is 349 g/mol. The normalized spacial score (nSPS) is 21.9. The van der Waals surface area contributed by atoms with E-state index in [4.69, 9.17) is 0 Å². The van der Waals surface area contributed by atoms with E-state index in [-0.39, 0.29) is 30.2 Å². The first-order chi connectivity index (χ1) is 11.8. The Morgan fingerprint density at radius 1 is 1.24 bits per heavy atom. The van der Waals surface area contributed by atoms with Crippen molar-refractivity contribution in [3.05, 3.63) is 30.1 Å². The first-order valence-electron chi connectivity index (χ1n) is 8.80. The Bertz CT molecular complexity index is 595. The SMILES string of the molecule is C[C@@H]1C[C@@H](C)CN(C(=O)[C@@H](C)N(C)CC(=O)Nc2ccc(F)cc2)C1. The second kappa shape index (κ2) is 8.43. The summed E-state index contributed by atoms with van der Waals surface area (Å²) in [7, 11) is 1.77. The molecule has 0 aliphatic carbocycles. The second-order valence-electron chi connectivity index (χ2n) is 7.34. The molecule has 0 unspecified atom stereocenters. The van der Waals surface area contributed by atoms with Gasteiger partial charge in [0, 0.05) is 18.8 Å². The largest absolute Gasteiger partial charge is 0.341 e. The third kappa shape index (κ3) is 5.53. The predicted molar refractivity (Wildman–Crippen MR) is 96.6 cm³/mol. The van der Waals surface area contributed by atoms with Crippen LogP contribution in [0.15, 0.2) is 24.3 Å². The quantitative estimate of drug-likeness (QED) is 0.889. The lowest BCUT2D eigenvalue weighted by molar-refractivity contribution is -0.139. The molecule has 1 N–H and O–H groups in total. The molecule has 1 fully saturated rings. The van der Waals surface area contributed by atoms with Crippen LogP contribution in [0.1, 0.15) is 27.2 Å². The van der Waals surface area contributed by atoms with Crippen LogP contribution in [-0.4, -0.2) is 54.3 Å². The summed E-state index contributed by atoms with van der Waals surface area (Å²) < 4.78 is 12.9. The molecule has 1 saturated heterocycles. The van der Waals surface area contributed by atoms with Gasteiger partial charge in [-0.2, -0.15) is 0 Å². The van der Waals surface area contributed by atoms with Gasteiger partial charge in [-0.1, -0.05) is 13.8 Å². The number of hydrogen-bond donors (Lipinski definition) is 1. The Balaban J connectivity index is 1.88. The summed E-state index contributed by atoms with van der Waals surface area (Å²) >= 11 is 0. The number of rotatable bonds is 5. The zero-order valence-electron chi connectivity index (χ0n) is 15.5. The van der Waals surface area contributed by atoms with Crippen LogP contribution in [0.2, 0.25) is 0 Å². The summed E-state index contributed by atoms with van der Waals surface area (Å²) in [5.74, 6) is 0.503. The van der Waals surface area contributed by atoms with Crippen molar-refractivity contribution in [2.75, 3.05) is 32.0 Å². The van der Waals surface area contributed by atoms with E-state index in [9.17, 15) is 14.0 Å². The Labute approximate surface area is 149 Å². The van der Waals surface area contributed by atoms with Gasteiger partial charge in [0.15, 0.2) is 0 Å². The minimum absolute atomic E-state index is 0.0653. The summed E-state index contributed by atoms with van der Waals surface area (Å²) in [4.78, 5) is 28.5. The van der Waals surface area contributed by atoms with Gasteiger partial charge in [0.05, 0.1) is 12.6 Å². The van der Waals surface area contributed by atoms with Crippen molar-refractivity contribution < 1.29 is 14.0 Å². The smallest absolute Gasteiger partial charge is 0.239 e. The number of nitrogens with one attached hydrogen (secondary N) is 1. The Kier molecular flexibility index (Phi) is 6.53. The maximum Gasteiger partial charge on any atom is 0.239 e. The van der Waals surface area contributed by atoms with Crippen molar-refractivity contribution in [2.45, 2.75) is 33.2 Å². The van der Waals surface area contributed by atoms with Crippen molar-refractivity contribution in [3.63, 3.8) is 0 Å². The Hall–Kier alpha value is -1.95. The van der Waals surface area contributed by atoms with Crippen LogP contribution in [0.3, 0.4) is 0 Å². The van der Waals surface area contributed by atoms with Gasteiger partial charge >= 0.3 is 0 Å². The molecule has 138 valence electrons. The third-order valence-electron chi connectivity index (χ3n) is 4.72. The minimum atomic E-state index is -0.364. The molecule has 1 aliphatic heterocycles. The highest BCUT2D eigenvalue weighted by Crippen LogP contribution is 2.22. The van der Waals surface area contributed by atoms with E-state index >= 15 is 0 Å². The number of hydrogen-bond acceptors (Lipinski definition) is 3. The predicted octanol–water partition coefficient (Wildman–Crippen LogP) is 2.59. The molecule has 2 rings (SSSR count). The highest BCUT2D eigenvalue weighted by molar-refractivity contribution is 5.92. The number of likely N-dealkylation sites (tertiary alicyclic amines) is 1. The molecule has 5 nitrogen and oxygen atoms in total. The zero-order valence-corrected chi connectivity index (χ0v) is 15.5. The van der Waals surface area contributed by atoms with Crippen LogP contribution in [0.4, 0.5) is 10.1 Å². The number of halogens is 1. The van der Waals surface area contributed by atoms with Gasteiger partial charge in [-0.25, -0.2) is 4.39 Å². The average molecular weight is 349 g/mol. The van der Waals surface area contributed by atoms with Crippen LogP contribution in [0.5, 0.6) is 0 Å². The second-order valence-corrected chi connectivity index (χ2v) is 7.34. The van der Waals surface area contributed by atoms with E-state index in [1.807, 2.05) is 11.8 Å². The number of piperidine rings is 1. The van der Waals surface area contributed by atoms with Crippen LogP contribution >= 0.6 is 0 Å². The third-order valence-corrected chi connectivity index (χ3v) is 4.72. The summed E-state index contributed by atoms with van der Waals surface area (Å²) in [6.45, 7) is 7.83. The number of amides is 2. The first kappa shape index (κ1) is 19.4. The molecule has 6 heteroatoms. The van der Waals surface area contributed by atoms with E-state index in [1.54, 1.807) is 11.9 Å². The van der Waals surface area contributed by atoms with E-state index < -0.39 is 0 Å². The molecule has 25 heavy (non-hydrogen) atoms. The number of carbonyl (C=O) groups excluding carboxylic acids is 2. The molecular formula is C19H28FN3O2. The van der Waals surface area contributed by atoms with Crippen molar-refractivity contribution in [1.29, 1.82) is 0 Å². The molecule has 1 aromatic carbocycles. The topological polar surface area (TPSA) is 52.7 Å². The lowest BCUT2D eigenvalue weighted by atomic mass is 9.91. The van der Waals surface area contributed by atoms with Crippen LogP contribution < -0.4 is 5.32 Å². The summed E-state index contributed by atoms with van der Waals surface area (Å²) in [5.41, 5.74) is 0.539. The first-order valence-corrected chi connectivity index (χ1v) is 8.80. The Morgan fingerprint density at radius 2 is 1.80 bits per heavy atom. The van der Waals surface area contributed by atoms with Crippen LogP contribution in [0, 0.1) is 17.7 Å². The molecule has 0 radical (unpaired) electrons. The molecule has 1 aromatic rings. The lowest BCUT2D eigenvalue weighted by Gasteiger charge is -2.38. The van der Waals surface area contributed by atoms with Gasteiger partial charge in [-0.15, -0.1) is 0 Å². The molecule has 0 saturated carbocycles. The Morgan fingerprint density at radius 3 is 2.36 bits per heavy atom. The number of nitrogens with zero attached hydrogens (tertiary/aromatic N) is 2. The number of likely N-dealkylation sites (N-methyl/N-ethyl adjacent to an activating group) is 1. The van der Waals surface area contributed by atoms with E-state index in [2.05, 4.69) is 19.2 Å². The highest BCUT2D eigenvalue weighted by atomic mass is 19.1. The van der Waals surface area contributed by atoms with Crippen molar-refractivity contribution in [1.82, 2.24) is 9.80 Å². The molecule has 1 heterocycles.